The molecule has 18 heavy (non-hydrogen) atoms. The van der Waals surface area contributed by atoms with Crippen LogP contribution in [-0.4, -0.2) is 31.6 Å². The second-order valence-electron chi connectivity index (χ2n) is 4.69. The van der Waals surface area contributed by atoms with Gasteiger partial charge in [0.05, 0.1) is 5.75 Å². The van der Waals surface area contributed by atoms with Crippen LogP contribution in [0.1, 0.15) is 58.3 Å². The molecule has 1 atom stereocenters. The molecule has 0 bridgehead atoms. The van der Waals surface area contributed by atoms with E-state index in [2.05, 4.69) is 42.5 Å². The Hall–Kier alpha value is -1.04. The fraction of sp³-hybridized carbons (Fsp3) is 0.750. The molecular formula is C12H21N3O2S. The maximum Gasteiger partial charge on any atom is 0.313 e. The lowest BCUT2D eigenvalue weighted by molar-refractivity contribution is -0.133. The number of aromatic nitrogens is 3. The molecule has 5 nitrogen and oxygen atoms in total. The first-order valence-corrected chi connectivity index (χ1v) is 7.25. The predicted octanol–water partition coefficient (Wildman–Crippen LogP) is 2.94. The average molecular weight is 271 g/mol. The van der Waals surface area contributed by atoms with Gasteiger partial charge in [-0.25, -0.2) is 0 Å². The number of carboxylic acid groups (broad SMARTS) is 1. The lowest BCUT2D eigenvalue weighted by atomic mass is 10.1. The van der Waals surface area contributed by atoms with Crippen molar-refractivity contribution in [1.29, 1.82) is 0 Å². The Balaban J connectivity index is 2.98. The molecule has 0 fully saturated rings. The van der Waals surface area contributed by atoms with Crippen LogP contribution < -0.4 is 0 Å². The first kappa shape index (κ1) is 15.0. The summed E-state index contributed by atoms with van der Waals surface area (Å²) in [6.07, 6.45) is 2.12. The topological polar surface area (TPSA) is 68.0 Å². The Morgan fingerprint density at radius 3 is 2.56 bits per heavy atom. The largest absolute Gasteiger partial charge is 0.481 e. The fourth-order valence-corrected chi connectivity index (χ4v) is 2.63. The summed E-state index contributed by atoms with van der Waals surface area (Å²) in [7, 11) is 0. The quantitative estimate of drug-likeness (QED) is 0.772. The predicted molar refractivity (Wildman–Crippen MR) is 72.1 cm³/mol. The lowest BCUT2D eigenvalue weighted by Gasteiger charge is -2.18. The van der Waals surface area contributed by atoms with Crippen LogP contribution in [0, 0.1) is 0 Å². The van der Waals surface area contributed by atoms with E-state index in [0.717, 1.165) is 18.7 Å². The van der Waals surface area contributed by atoms with E-state index in [1.54, 1.807) is 0 Å². The third-order valence-electron chi connectivity index (χ3n) is 2.68. The highest BCUT2D eigenvalue weighted by Gasteiger charge is 2.19. The minimum absolute atomic E-state index is 0.0229. The van der Waals surface area contributed by atoms with Gasteiger partial charge < -0.3 is 9.67 Å². The van der Waals surface area contributed by atoms with Gasteiger partial charge in [0.15, 0.2) is 5.16 Å². The number of aliphatic carboxylic acids is 1. The molecule has 6 heteroatoms. The van der Waals surface area contributed by atoms with Crippen LogP contribution in [0.4, 0.5) is 0 Å². The molecule has 102 valence electrons. The molecular weight excluding hydrogens is 250 g/mol. The third kappa shape index (κ3) is 3.73. The molecule has 1 heterocycles. The maximum absolute atomic E-state index is 10.6. The van der Waals surface area contributed by atoms with Gasteiger partial charge in [-0.05, 0) is 13.3 Å². The van der Waals surface area contributed by atoms with Gasteiger partial charge in [0.1, 0.15) is 5.82 Å². The molecule has 0 amide bonds. The Labute approximate surface area is 112 Å². The highest BCUT2D eigenvalue weighted by molar-refractivity contribution is 7.99. The van der Waals surface area contributed by atoms with Gasteiger partial charge in [-0.1, -0.05) is 39.0 Å². The summed E-state index contributed by atoms with van der Waals surface area (Å²) in [4.78, 5) is 10.6. The van der Waals surface area contributed by atoms with E-state index in [0.29, 0.717) is 11.2 Å². The Kier molecular flexibility index (Phi) is 5.65. The molecule has 0 saturated carbocycles. The van der Waals surface area contributed by atoms with Gasteiger partial charge in [-0.15, -0.1) is 10.2 Å². The summed E-state index contributed by atoms with van der Waals surface area (Å²) in [5.74, 6) is 0.415. The van der Waals surface area contributed by atoms with E-state index in [9.17, 15) is 4.79 Å². The zero-order valence-corrected chi connectivity index (χ0v) is 12.2. The molecule has 1 N–H and O–H groups in total. The smallest absolute Gasteiger partial charge is 0.313 e. The highest BCUT2D eigenvalue weighted by atomic mass is 32.2. The van der Waals surface area contributed by atoms with Crippen LogP contribution in [0.2, 0.25) is 0 Å². The number of nitrogens with zero attached hydrogens (tertiary/aromatic N) is 3. The molecule has 0 aliphatic rings. The monoisotopic (exact) mass is 271 g/mol. The number of rotatable bonds is 7. The van der Waals surface area contributed by atoms with Crippen LogP contribution in [0.5, 0.6) is 0 Å². The Bertz CT molecular complexity index is 404. The molecule has 0 aliphatic heterocycles. The van der Waals surface area contributed by atoms with Gasteiger partial charge in [-0.3, -0.25) is 4.79 Å². The van der Waals surface area contributed by atoms with Gasteiger partial charge in [0, 0.05) is 12.0 Å². The summed E-state index contributed by atoms with van der Waals surface area (Å²) in [6, 6.07) is 0.304. The zero-order valence-electron chi connectivity index (χ0n) is 11.4. The number of hydrogen-bond donors (Lipinski definition) is 1. The summed E-state index contributed by atoms with van der Waals surface area (Å²) < 4.78 is 2.09. The summed E-state index contributed by atoms with van der Waals surface area (Å²) in [5.41, 5.74) is 0. The SMILES string of the molecule is CCCC(C)n1c(SCC(=O)O)nnc1C(C)C. The van der Waals surface area contributed by atoms with Crippen LogP contribution >= 0.6 is 11.8 Å². The maximum atomic E-state index is 10.6. The average Bonchev–Trinajstić information content (AvgIpc) is 2.70. The minimum atomic E-state index is -0.830. The van der Waals surface area contributed by atoms with Crippen LogP contribution in [0.3, 0.4) is 0 Å². The van der Waals surface area contributed by atoms with Crippen LogP contribution in [0.25, 0.3) is 0 Å². The Morgan fingerprint density at radius 2 is 2.06 bits per heavy atom. The van der Waals surface area contributed by atoms with Crippen molar-refractivity contribution in [2.45, 2.75) is 57.7 Å². The summed E-state index contributed by atoms with van der Waals surface area (Å²) >= 11 is 1.24. The zero-order chi connectivity index (χ0) is 13.7. The lowest BCUT2D eigenvalue weighted by Crippen LogP contribution is -2.12. The second-order valence-corrected chi connectivity index (χ2v) is 5.63. The van der Waals surface area contributed by atoms with Crippen LogP contribution in [0.15, 0.2) is 5.16 Å². The van der Waals surface area contributed by atoms with Gasteiger partial charge in [0.25, 0.3) is 0 Å². The van der Waals surface area contributed by atoms with E-state index in [1.165, 1.54) is 11.8 Å². The highest BCUT2D eigenvalue weighted by Crippen LogP contribution is 2.27. The van der Waals surface area contributed by atoms with Crippen molar-refractivity contribution < 1.29 is 9.90 Å². The molecule has 1 rings (SSSR count). The van der Waals surface area contributed by atoms with E-state index >= 15 is 0 Å². The van der Waals surface area contributed by atoms with E-state index in [1.807, 2.05) is 0 Å². The number of hydrogen-bond acceptors (Lipinski definition) is 4. The van der Waals surface area contributed by atoms with E-state index in [4.69, 9.17) is 5.11 Å². The fourth-order valence-electron chi connectivity index (χ4n) is 1.87. The number of carbonyl (C=O) groups is 1. The van der Waals surface area contributed by atoms with Gasteiger partial charge in [-0.2, -0.15) is 0 Å². The molecule has 1 aromatic heterocycles. The normalized spacial score (nSPS) is 12.9. The standard InChI is InChI=1S/C12H21N3O2S/c1-5-6-9(4)15-11(8(2)3)13-14-12(15)18-7-10(16)17/h8-9H,5-7H2,1-4H3,(H,16,17). The summed E-state index contributed by atoms with van der Waals surface area (Å²) in [5, 5.41) is 17.8. The van der Waals surface area contributed by atoms with E-state index in [-0.39, 0.29) is 11.7 Å². The number of carboxylic acids is 1. The first-order chi connectivity index (χ1) is 8.47. The van der Waals surface area contributed by atoms with E-state index < -0.39 is 5.97 Å². The van der Waals surface area contributed by atoms with Gasteiger partial charge in [0.2, 0.25) is 0 Å². The van der Waals surface area contributed by atoms with Crippen molar-refractivity contribution in [3.05, 3.63) is 5.82 Å². The second kappa shape index (κ2) is 6.78. The van der Waals surface area contributed by atoms with Crippen molar-refractivity contribution in [3.63, 3.8) is 0 Å². The van der Waals surface area contributed by atoms with Crippen molar-refractivity contribution in [2.24, 2.45) is 0 Å². The molecule has 1 aromatic rings. The Morgan fingerprint density at radius 1 is 1.39 bits per heavy atom. The third-order valence-corrected chi connectivity index (χ3v) is 3.61. The molecule has 0 radical (unpaired) electrons. The molecule has 1 unspecified atom stereocenters. The summed E-state index contributed by atoms with van der Waals surface area (Å²) in [6.45, 7) is 8.42. The molecule has 0 spiro atoms. The molecule has 0 aliphatic carbocycles. The van der Waals surface area contributed by atoms with Gasteiger partial charge >= 0.3 is 5.97 Å². The van der Waals surface area contributed by atoms with Crippen molar-refractivity contribution in [3.8, 4) is 0 Å². The van der Waals surface area contributed by atoms with Crippen LogP contribution in [-0.2, 0) is 4.79 Å². The molecule has 0 saturated heterocycles. The first-order valence-electron chi connectivity index (χ1n) is 6.26. The van der Waals surface area contributed by atoms with Crippen molar-refractivity contribution in [1.82, 2.24) is 14.8 Å². The van der Waals surface area contributed by atoms with Crippen molar-refractivity contribution >= 4 is 17.7 Å². The molecule has 0 aromatic carbocycles. The number of thioether (sulfide) groups is 1. The minimum Gasteiger partial charge on any atom is -0.481 e. The van der Waals surface area contributed by atoms with Crippen molar-refractivity contribution in [2.75, 3.05) is 5.75 Å².